The second-order valence-corrected chi connectivity index (χ2v) is 5.42. The number of anilines is 1. The molecule has 0 amide bonds. The van der Waals surface area contributed by atoms with Crippen molar-refractivity contribution in [1.82, 2.24) is 4.98 Å². The van der Waals surface area contributed by atoms with Crippen molar-refractivity contribution in [2.45, 2.75) is 31.8 Å². The predicted octanol–water partition coefficient (Wildman–Crippen LogP) is 2.35. The lowest BCUT2D eigenvalue weighted by Crippen LogP contribution is -2.26. The molecule has 3 rings (SSSR count). The zero-order chi connectivity index (χ0) is 13.5. The summed E-state index contributed by atoms with van der Waals surface area (Å²) in [6.07, 6.45) is 3.88. The Hall–Kier alpha value is -1.87. The van der Waals surface area contributed by atoms with Crippen LogP contribution in [0.2, 0.25) is 0 Å². The number of fused-ring (bicyclic) bond motifs is 1. The highest BCUT2D eigenvalue weighted by molar-refractivity contribution is 5.45. The second kappa shape index (κ2) is 4.35. The van der Waals surface area contributed by atoms with E-state index in [1.165, 1.54) is 11.1 Å². The quantitative estimate of drug-likeness (QED) is 0.865. The van der Waals surface area contributed by atoms with Crippen LogP contribution in [0.5, 0.6) is 0 Å². The number of benzene rings is 1. The van der Waals surface area contributed by atoms with Gasteiger partial charge in [-0.3, -0.25) is 0 Å². The highest BCUT2D eigenvalue weighted by Crippen LogP contribution is 2.40. The van der Waals surface area contributed by atoms with Gasteiger partial charge in [-0.2, -0.15) is 0 Å². The van der Waals surface area contributed by atoms with Crippen molar-refractivity contribution in [3.05, 3.63) is 58.8 Å². The first kappa shape index (κ1) is 12.2. The zero-order valence-corrected chi connectivity index (χ0v) is 11.1. The van der Waals surface area contributed by atoms with E-state index < -0.39 is 5.60 Å². The van der Waals surface area contributed by atoms with Crippen molar-refractivity contribution >= 4 is 5.82 Å². The number of hydrogen-bond donors (Lipinski definition) is 2. The summed E-state index contributed by atoms with van der Waals surface area (Å²) < 4.78 is 0. The Morgan fingerprint density at radius 3 is 3.00 bits per heavy atom. The first-order valence-corrected chi connectivity index (χ1v) is 6.60. The topological polar surface area (TPSA) is 59.1 Å². The van der Waals surface area contributed by atoms with Gasteiger partial charge < -0.3 is 10.8 Å². The highest BCUT2D eigenvalue weighted by Gasteiger charge is 2.37. The van der Waals surface area contributed by atoms with Crippen molar-refractivity contribution in [1.29, 1.82) is 0 Å². The number of aromatic nitrogens is 1. The third kappa shape index (κ3) is 2.10. The molecule has 1 aromatic heterocycles. The van der Waals surface area contributed by atoms with E-state index in [2.05, 4.69) is 30.1 Å². The Morgan fingerprint density at radius 2 is 2.21 bits per heavy atom. The van der Waals surface area contributed by atoms with Crippen molar-refractivity contribution in [3.63, 3.8) is 0 Å². The first-order valence-electron chi connectivity index (χ1n) is 6.60. The molecule has 0 aliphatic heterocycles. The average Bonchev–Trinajstić information content (AvgIpc) is 2.70. The van der Waals surface area contributed by atoms with E-state index in [4.69, 9.17) is 5.73 Å². The lowest BCUT2D eigenvalue weighted by atomic mass is 9.88. The van der Waals surface area contributed by atoms with Crippen LogP contribution in [0.1, 0.15) is 28.7 Å². The van der Waals surface area contributed by atoms with Crippen LogP contribution in [0.15, 0.2) is 36.5 Å². The van der Waals surface area contributed by atoms with Crippen LogP contribution in [-0.2, 0) is 18.4 Å². The molecular weight excluding hydrogens is 236 g/mol. The second-order valence-electron chi connectivity index (χ2n) is 5.42. The summed E-state index contributed by atoms with van der Waals surface area (Å²) in [5, 5.41) is 11.0. The fraction of sp³-hybridized carbons (Fsp3) is 0.312. The molecular formula is C16H18N2O. The van der Waals surface area contributed by atoms with E-state index in [-0.39, 0.29) is 0 Å². The molecule has 3 N–H and O–H groups in total. The van der Waals surface area contributed by atoms with E-state index >= 15 is 0 Å². The Morgan fingerprint density at radius 1 is 1.37 bits per heavy atom. The maximum atomic E-state index is 11.0. The van der Waals surface area contributed by atoms with Gasteiger partial charge in [0.05, 0.1) is 5.60 Å². The summed E-state index contributed by atoms with van der Waals surface area (Å²) in [6, 6.07) is 10.1. The van der Waals surface area contributed by atoms with Crippen LogP contribution >= 0.6 is 0 Å². The SMILES string of the molecule is Cc1ccc2c(c1)C(O)(Cc1cccnc1N)CC2. The highest BCUT2D eigenvalue weighted by atomic mass is 16.3. The van der Waals surface area contributed by atoms with Crippen LogP contribution in [0.4, 0.5) is 5.82 Å². The summed E-state index contributed by atoms with van der Waals surface area (Å²) in [6.45, 7) is 2.05. The molecule has 0 saturated carbocycles. The summed E-state index contributed by atoms with van der Waals surface area (Å²) in [5.74, 6) is 0.511. The minimum atomic E-state index is -0.807. The zero-order valence-electron chi connectivity index (χ0n) is 11.1. The van der Waals surface area contributed by atoms with Gasteiger partial charge in [-0.1, -0.05) is 29.8 Å². The van der Waals surface area contributed by atoms with Crippen molar-refractivity contribution in [2.75, 3.05) is 5.73 Å². The van der Waals surface area contributed by atoms with Crippen LogP contribution in [-0.4, -0.2) is 10.1 Å². The molecule has 1 aromatic carbocycles. The number of aliphatic hydroxyl groups is 1. The Bertz CT molecular complexity index is 624. The van der Waals surface area contributed by atoms with Gasteiger partial charge in [0.25, 0.3) is 0 Å². The first-order chi connectivity index (χ1) is 9.08. The van der Waals surface area contributed by atoms with Gasteiger partial charge in [0.15, 0.2) is 0 Å². The standard InChI is InChI=1S/C16H18N2O/c1-11-4-5-12-6-7-16(19,14(12)9-11)10-13-3-2-8-18-15(13)17/h2-5,8-9,19H,6-7,10H2,1H3,(H2,17,18). The molecule has 1 heterocycles. The lowest BCUT2D eigenvalue weighted by Gasteiger charge is -2.25. The Balaban J connectivity index is 1.99. The van der Waals surface area contributed by atoms with Crippen molar-refractivity contribution in [2.24, 2.45) is 0 Å². The van der Waals surface area contributed by atoms with E-state index in [1.54, 1.807) is 6.20 Å². The van der Waals surface area contributed by atoms with Gasteiger partial charge in [0, 0.05) is 12.6 Å². The van der Waals surface area contributed by atoms with Crippen LogP contribution in [0.25, 0.3) is 0 Å². The predicted molar refractivity (Wildman–Crippen MR) is 75.8 cm³/mol. The van der Waals surface area contributed by atoms with Gasteiger partial charge in [-0.25, -0.2) is 4.98 Å². The minimum Gasteiger partial charge on any atom is -0.385 e. The Labute approximate surface area is 113 Å². The third-order valence-corrected chi connectivity index (χ3v) is 3.98. The maximum Gasteiger partial charge on any atom is 0.126 e. The molecule has 0 saturated heterocycles. The normalized spacial score (nSPS) is 21.4. The molecule has 1 aliphatic carbocycles. The summed E-state index contributed by atoms with van der Waals surface area (Å²) in [5.41, 5.74) is 9.47. The number of pyridine rings is 1. The Kier molecular flexibility index (Phi) is 2.79. The molecule has 98 valence electrons. The monoisotopic (exact) mass is 254 g/mol. The number of nitrogen functional groups attached to an aromatic ring is 1. The molecule has 0 spiro atoms. The fourth-order valence-corrected chi connectivity index (χ4v) is 2.92. The summed E-state index contributed by atoms with van der Waals surface area (Å²) in [7, 11) is 0. The van der Waals surface area contributed by atoms with E-state index in [9.17, 15) is 5.11 Å². The molecule has 0 radical (unpaired) electrons. The number of nitrogens with two attached hydrogens (primary N) is 1. The molecule has 1 aliphatic rings. The van der Waals surface area contributed by atoms with Gasteiger partial charge >= 0.3 is 0 Å². The molecule has 0 bridgehead atoms. The molecule has 3 heteroatoms. The van der Waals surface area contributed by atoms with E-state index in [1.807, 2.05) is 12.1 Å². The molecule has 2 aromatic rings. The number of rotatable bonds is 2. The third-order valence-electron chi connectivity index (χ3n) is 3.98. The summed E-state index contributed by atoms with van der Waals surface area (Å²) in [4.78, 5) is 4.09. The van der Waals surface area contributed by atoms with Crippen LogP contribution < -0.4 is 5.73 Å². The molecule has 0 fully saturated rings. The van der Waals surface area contributed by atoms with Gasteiger partial charge in [-0.15, -0.1) is 0 Å². The maximum absolute atomic E-state index is 11.0. The summed E-state index contributed by atoms with van der Waals surface area (Å²) >= 11 is 0. The van der Waals surface area contributed by atoms with E-state index in [0.29, 0.717) is 12.2 Å². The molecule has 1 unspecified atom stereocenters. The smallest absolute Gasteiger partial charge is 0.126 e. The molecule has 1 atom stereocenters. The van der Waals surface area contributed by atoms with Gasteiger partial charge in [-0.05, 0) is 42.5 Å². The fourth-order valence-electron chi connectivity index (χ4n) is 2.92. The largest absolute Gasteiger partial charge is 0.385 e. The molecule has 3 nitrogen and oxygen atoms in total. The van der Waals surface area contributed by atoms with Crippen molar-refractivity contribution in [3.8, 4) is 0 Å². The minimum absolute atomic E-state index is 0.511. The number of hydrogen-bond acceptors (Lipinski definition) is 3. The van der Waals surface area contributed by atoms with Crippen molar-refractivity contribution < 1.29 is 5.11 Å². The van der Waals surface area contributed by atoms with Gasteiger partial charge in [0.2, 0.25) is 0 Å². The van der Waals surface area contributed by atoms with Gasteiger partial charge in [0.1, 0.15) is 5.82 Å². The van der Waals surface area contributed by atoms with E-state index in [0.717, 1.165) is 24.0 Å². The lowest BCUT2D eigenvalue weighted by molar-refractivity contribution is 0.0390. The van der Waals surface area contributed by atoms with Crippen LogP contribution in [0.3, 0.4) is 0 Å². The average molecular weight is 254 g/mol. The number of nitrogens with zero attached hydrogens (tertiary/aromatic N) is 1. The van der Waals surface area contributed by atoms with Crippen LogP contribution in [0, 0.1) is 6.92 Å². The molecule has 19 heavy (non-hydrogen) atoms. The number of aryl methyl sites for hydroxylation is 2.